The van der Waals surface area contributed by atoms with E-state index in [1.54, 1.807) is 13.1 Å². The van der Waals surface area contributed by atoms with Crippen LogP contribution in [0, 0.1) is 5.92 Å². The van der Waals surface area contributed by atoms with Crippen LogP contribution in [0.25, 0.3) is 5.65 Å². The summed E-state index contributed by atoms with van der Waals surface area (Å²) in [6.07, 6.45) is 4.49. The molecule has 2 fully saturated rings. The van der Waals surface area contributed by atoms with E-state index in [1.807, 2.05) is 20.4 Å². The molecule has 5 heterocycles. The molecular formula is C21H29N7O2. The van der Waals surface area contributed by atoms with Crippen LogP contribution in [0.15, 0.2) is 12.3 Å². The Kier molecular flexibility index (Phi) is 5.06. The third-order valence-electron chi connectivity index (χ3n) is 6.56. The summed E-state index contributed by atoms with van der Waals surface area (Å²) in [7, 11) is 0. The van der Waals surface area contributed by atoms with Crippen molar-refractivity contribution in [2.45, 2.75) is 26.2 Å². The zero-order valence-corrected chi connectivity index (χ0v) is 17.5. The topological polar surface area (TPSA) is 86.1 Å². The smallest absolute Gasteiger partial charge is 0.229 e. The van der Waals surface area contributed by atoms with Gasteiger partial charge in [0.2, 0.25) is 11.8 Å². The Balaban J connectivity index is 1.32. The van der Waals surface area contributed by atoms with Crippen molar-refractivity contribution in [1.82, 2.24) is 29.7 Å². The van der Waals surface area contributed by atoms with E-state index in [0.717, 1.165) is 62.6 Å². The number of carbonyl (C=O) groups excluding carboxylic acids is 2. The van der Waals surface area contributed by atoms with Crippen LogP contribution in [0.2, 0.25) is 0 Å². The normalized spacial score (nSPS) is 20.5. The summed E-state index contributed by atoms with van der Waals surface area (Å²) >= 11 is 0. The molecule has 9 heteroatoms. The van der Waals surface area contributed by atoms with Gasteiger partial charge in [-0.2, -0.15) is 9.61 Å². The van der Waals surface area contributed by atoms with E-state index >= 15 is 0 Å². The predicted molar refractivity (Wildman–Crippen MR) is 112 cm³/mol. The number of rotatable bonds is 2. The maximum absolute atomic E-state index is 13.1. The lowest BCUT2D eigenvalue weighted by molar-refractivity contribution is -0.137. The Morgan fingerprint density at radius 2 is 1.83 bits per heavy atom. The summed E-state index contributed by atoms with van der Waals surface area (Å²) in [5.41, 5.74) is 3.28. The van der Waals surface area contributed by atoms with Gasteiger partial charge in [0.15, 0.2) is 5.65 Å². The first kappa shape index (κ1) is 19.3. The van der Waals surface area contributed by atoms with E-state index in [4.69, 9.17) is 4.98 Å². The number of carbonyl (C=O) groups is 2. The second-order valence-electron chi connectivity index (χ2n) is 8.50. The minimum Gasteiger partial charge on any atom is -0.354 e. The number of nitrogens with zero attached hydrogens (tertiary/aromatic N) is 6. The number of fused-ring (bicyclic) bond motifs is 2. The highest BCUT2D eigenvalue weighted by atomic mass is 16.2. The predicted octanol–water partition coefficient (Wildman–Crippen LogP) is -0.0655. The number of nitrogens with one attached hydrogen (secondary N) is 1. The molecule has 0 atom stereocenters. The SMILES string of the molecule is CC(=O)N1CCCN(C(=O)C2CN(c3c4c(nc5ccnn35)CCNCC4)C2)CC1. The van der Waals surface area contributed by atoms with E-state index < -0.39 is 0 Å². The molecule has 30 heavy (non-hydrogen) atoms. The van der Waals surface area contributed by atoms with E-state index in [-0.39, 0.29) is 17.7 Å². The average molecular weight is 412 g/mol. The number of amides is 2. The standard InChI is InChI=1S/C21H29N7O2/c1-15(29)25-9-2-10-26(12-11-25)21(30)16-13-27(14-16)20-17-3-6-22-7-4-18(17)24-19-5-8-23-28(19)20/h5,8,16,22H,2-4,6-7,9-14H2,1H3. The monoisotopic (exact) mass is 411 g/mol. The van der Waals surface area contributed by atoms with Crippen molar-refractivity contribution in [3.8, 4) is 0 Å². The van der Waals surface area contributed by atoms with Crippen molar-refractivity contribution in [3.63, 3.8) is 0 Å². The maximum Gasteiger partial charge on any atom is 0.229 e. The molecule has 1 N–H and O–H groups in total. The third kappa shape index (κ3) is 3.40. The quantitative estimate of drug-likeness (QED) is 0.745. The van der Waals surface area contributed by atoms with Crippen molar-refractivity contribution in [2.24, 2.45) is 5.92 Å². The lowest BCUT2D eigenvalue weighted by Crippen LogP contribution is -2.56. The van der Waals surface area contributed by atoms with E-state index in [9.17, 15) is 9.59 Å². The number of hydrogen-bond acceptors (Lipinski definition) is 6. The van der Waals surface area contributed by atoms with Crippen LogP contribution in [0.5, 0.6) is 0 Å². The fourth-order valence-corrected chi connectivity index (χ4v) is 4.86. The summed E-state index contributed by atoms with van der Waals surface area (Å²) in [5, 5.41) is 7.97. The van der Waals surface area contributed by atoms with Crippen molar-refractivity contribution >= 4 is 23.3 Å². The molecule has 9 nitrogen and oxygen atoms in total. The fraction of sp³-hybridized carbons (Fsp3) is 0.619. The molecule has 0 spiro atoms. The van der Waals surface area contributed by atoms with Crippen molar-refractivity contribution in [1.29, 1.82) is 0 Å². The molecule has 0 bridgehead atoms. The first-order valence-corrected chi connectivity index (χ1v) is 11.0. The molecule has 2 saturated heterocycles. The Morgan fingerprint density at radius 3 is 2.67 bits per heavy atom. The van der Waals surface area contributed by atoms with Gasteiger partial charge in [-0.25, -0.2) is 4.98 Å². The van der Waals surface area contributed by atoms with Gasteiger partial charge in [0.25, 0.3) is 0 Å². The molecule has 160 valence electrons. The van der Waals surface area contributed by atoms with Gasteiger partial charge in [-0.3, -0.25) is 9.59 Å². The summed E-state index contributed by atoms with van der Waals surface area (Å²) in [6.45, 7) is 7.65. The molecule has 2 amide bonds. The van der Waals surface area contributed by atoms with Crippen LogP contribution in [-0.4, -0.2) is 88.6 Å². The molecule has 0 radical (unpaired) electrons. The molecule has 0 saturated carbocycles. The molecule has 3 aliphatic rings. The molecule has 0 aliphatic carbocycles. The Hall–Kier alpha value is -2.68. The van der Waals surface area contributed by atoms with Crippen molar-refractivity contribution in [2.75, 3.05) is 57.3 Å². The summed E-state index contributed by atoms with van der Waals surface area (Å²) in [4.78, 5) is 35.6. The van der Waals surface area contributed by atoms with Crippen LogP contribution < -0.4 is 10.2 Å². The van der Waals surface area contributed by atoms with Gasteiger partial charge in [0.05, 0.1) is 17.8 Å². The van der Waals surface area contributed by atoms with Gasteiger partial charge in [-0.05, 0) is 19.4 Å². The van der Waals surface area contributed by atoms with Crippen molar-refractivity contribution in [3.05, 3.63) is 23.5 Å². The number of hydrogen-bond donors (Lipinski definition) is 1. The van der Waals surface area contributed by atoms with E-state index in [2.05, 4.69) is 15.3 Å². The molecule has 0 unspecified atom stereocenters. The Bertz CT molecular complexity index is 966. The lowest BCUT2D eigenvalue weighted by atomic mass is 9.96. The largest absolute Gasteiger partial charge is 0.354 e. The summed E-state index contributed by atoms with van der Waals surface area (Å²) in [6, 6.07) is 1.95. The van der Waals surface area contributed by atoms with Gasteiger partial charge < -0.3 is 20.0 Å². The maximum atomic E-state index is 13.1. The lowest BCUT2D eigenvalue weighted by Gasteiger charge is -2.42. The zero-order chi connectivity index (χ0) is 20.7. The van der Waals surface area contributed by atoms with Crippen molar-refractivity contribution < 1.29 is 9.59 Å². The Morgan fingerprint density at radius 1 is 1.07 bits per heavy atom. The zero-order valence-electron chi connectivity index (χ0n) is 17.5. The highest BCUT2D eigenvalue weighted by molar-refractivity contribution is 5.82. The van der Waals surface area contributed by atoms with Crippen LogP contribution in [0.4, 0.5) is 5.82 Å². The molecule has 5 rings (SSSR count). The summed E-state index contributed by atoms with van der Waals surface area (Å²) in [5.74, 6) is 1.42. The van der Waals surface area contributed by atoms with Gasteiger partial charge in [-0.1, -0.05) is 0 Å². The highest BCUT2D eigenvalue weighted by Crippen LogP contribution is 2.32. The van der Waals surface area contributed by atoms with Gasteiger partial charge in [-0.15, -0.1) is 0 Å². The second kappa shape index (κ2) is 7.86. The second-order valence-corrected chi connectivity index (χ2v) is 8.50. The molecule has 3 aliphatic heterocycles. The van der Waals surface area contributed by atoms with Crippen LogP contribution in [-0.2, 0) is 22.4 Å². The first-order chi connectivity index (χ1) is 14.6. The average Bonchev–Trinajstić information content (AvgIpc) is 2.89. The minimum atomic E-state index is 0.00667. The van der Waals surface area contributed by atoms with Gasteiger partial charge in [0, 0.05) is 70.8 Å². The number of aromatic nitrogens is 3. The molecule has 2 aromatic rings. The van der Waals surface area contributed by atoms with Crippen LogP contribution in [0.3, 0.4) is 0 Å². The van der Waals surface area contributed by atoms with Gasteiger partial charge >= 0.3 is 0 Å². The number of anilines is 1. The first-order valence-electron chi connectivity index (χ1n) is 11.0. The molecule has 2 aromatic heterocycles. The Labute approximate surface area is 176 Å². The minimum absolute atomic E-state index is 0.00667. The summed E-state index contributed by atoms with van der Waals surface area (Å²) < 4.78 is 1.93. The highest BCUT2D eigenvalue weighted by Gasteiger charge is 2.38. The third-order valence-corrected chi connectivity index (χ3v) is 6.56. The van der Waals surface area contributed by atoms with Gasteiger partial charge in [0.1, 0.15) is 5.82 Å². The molecular weight excluding hydrogens is 382 g/mol. The fourth-order valence-electron chi connectivity index (χ4n) is 4.86. The van der Waals surface area contributed by atoms with Crippen LogP contribution >= 0.6 is 0 Å². The van der Waals surface area contributed by atoms with E-state index in [1.165, 1.54) is 5.56 Å². The van der Waals surface area contributed by atoms with E-state index in [0.29, 0.717) is 26.2 Å². The van der Waals surface area contributed by atoms with Crippen LogP contribution in [0.1, 0.15) is 24.6 Å². The molecule has 0 aromatic carbocycles.